The number of hydrogen-bond donors (Lipinski definition) is 1. The molecule has 1 aliphatic heterocycles. The summed E-state index contributed by atoms with van der Waals surface area (Å²) in [6.07, 6.45) is 6.59. The van der Waals surface area contributed by atoms with Gasteiger partial charge in [0.05, 0.1) is 4.90 Å². The fourth-order valence-electron chi connectivity index (χ4n) is 6.63. The van der Waals surface area contributed by atoms with Crippen LogP contribution in [-0.4, -0.2) is 44.0 Å². The highest BCUT2D eigenvalue weighted by molar-refractivity contribution is 7.90. The molecule has 7 nitrogen and oxygen atoms in total. The number of nitrogens with zero attached hydrogens (tertiary/aromatic N) is 3. The molecule has 1 aromatic carbocycles. The van der Waals surface area contributed by atoms with Crippen LogP contribution in [-0.2, 0) is 10.0 Å². The Hall–Kier alpha value is -2.14. The van der Waals surface area contributed by atoms with Crippen LogP contribution in [0.4, 0.5) is 13.2 Å². The molecule has 4 saturated carbocycles. The monoisotopic (exact) mass is 498 g/mol. The van der Waals surface area contributed by atoms with E-state index in [4.69, 9.17) is 0 Å². The predicted molar refractivity (Wildman–Crippen MR) is 121 cm³/mol. The molecule has 0 amide bonds. The summed E-state index contributed by atoms with van der Waals surface area (Å²) in [5.74, 6) is 2.70. The second kappa shape index (κ2) is 8.82. The van der Waals surface area contributed by atoms with Crippen molar-refractivity contribution >= 4 is 22.2 Å². The van der Waals surface area contributed by atoms with Crippen LogP contribution in [0.2, 0.25) is 0 Å². The molecule has 1 heterocycles. The number of ether oxygens (including phenoxy) is 1. The Morgan fingerprint density at radius 1 is 1.03 bits per heavy atom. The number of rotatable bonds is 6. The van der Waals surface area contributed by atoms with Gasteiger partial charge in [-0.15, -0.1) is 17.6 Å². The molecule has 5 fully saturated rings. The number of benzene rings is 1. The predicted octanol–water partition coefficient (Wildman–Crippen LogP) is 4.66. The third-order valence-electron chi connectivity index (χ3n) is 7.50. The standard InChI is InChI=1S/C23H29F3N4O3S/c24-23(25,26)33-19-4-6-20(7-5-19)34(31,32)28-15-27-21-3-1-2-8-30(21)29-22-12-16-9-17(13-22)11-18(10-16)14-22/h4-7,15-18,29H,1-3,8-14H2/b27-21?,28-15-. The summed E-state index contributed by atoms with van der Waals surface area (Å²) in [6, 6.07) is 3.95. The number of alkyl halides is 3. The molecule has 34 heavy (non-hydrogen) atoms. The number of nitrogens with one attached hydrogen (secondary N) is 1. The van der Waals surface area contributed by atoms with Crippen LogP contribution in [0.25, 0.3) is 0 Å². The van der Waals surface area contributed by atoms with Gasteiger partial charge in [-0.25, -0.2) is 10.4 Å². The highest BCUT2D eigenvalue weighted by Crippen LogP contribution is 2.55. The molecule has 0 unspecified atom stereocenters. The van der Waals surface area contributed by atoms with E-state index in [0.29, 0.717) is 0 Å². The number of halogens is 3. The van der Waals surface area contributed by atoms with Crippen molar-refractivity contribution in [2.75, 3.05) is 6.54 Å². The lowest BCUT2D eigenvalue weighted by Gasteiger charge is -2.58. The lowest BCUT2D eigenvalue weighted by Crippen LogP contribution is -2.64. The maximum Gasteiger partial charge on any atom is 0.573 e. The van der Waals surface area contributed by atoms with Crippen molar-refractivity contribution in [1.82, 2.24) is 10.4 Å². The van der Waals surface area contributed by atoms with E-state index in [1.165, 1.54) is 38.5 Å². The van der Waals surface area contributed by atoms with Gasteiger partial charge in [-0.3, -0.25) is 5.01 Å². The number of sulfonamides is 1. The van der Waals surface area contributed by atoms with Crippen molar-refractivity contribution in [2.24, 2.45) is 27.1 Å². The van der Waals surface area contributed by atoms with E-state index in [1.807, 2.05) is 0 Å². The average molecular weight is 499 g/mol. The Morgan fingerprint density at radius 2 is 1.65 bits per heavy atom. The van der Waals surface area contributed by atoms with Gasteiger partial charge in [-0.05, 0) is 93.4 Å². The summed E-state index contributed by atoms with van der Waals surface area (Å²) < 4.78 is 69.3. The summed E-state index contributed by atoms with van der Waals surface area (Å²) >= 11 is 0. The Kier molecular flexibility index (Phi) is 6.12. The smallest absolute Gasteiger partial charge is 0.406 e. The van der Waals surface area contributed by atoms with Gasteiger partial charge in [0.25, 0.3) is 10.0 Å². The number of aliphatic imine (C=N–C) groups is 1. The Bertz CT molecular complexity index is 1030. The summed E-state index contributed by atoms with van der Waals surface area (Å²) in [5.41, 5.74) is 3.92. The molecule has 0 radical (unpaired) electrons. The number of hydrazine groups is 1. The van der Waals surface area contributed by atoms with Crippen LogP contribution in [0.15, 0.2) is 38.6 Å². The first-order valence-electron chi connectivity index (χ1n) is 11.9. The van der Waals surface area contributed by atoms with Crippen LogP contribution in [0, 0.1) is 17.8 Å². The summed E-state index contributed by atoms with van der Waals surface area (Å²) in [7, 11) is -4.10. The minimum absolute atomic E-state index is 0.121. The molecule has 0 aromatic heterocycles. The molecule has 5 aliphatic rings. The second-order valence-electron chi connectivity index (χ2n) is 10.2. The first-order chi connectivity index (χ1) is 16.1. The van der Waals surface area contributed by atoms with Gasteiger partial charge in [0.2, 0.25) is 0 Å². The zero-order chi connectivity index (χ0) is 24.0. The van der Waals surface area contributed by atoms with Crippen LogP contribution in [0.3, 0.4) is 0 Å². The highest BCUT2D eigenvalue weighted by Gasteiger charge is 2.51. The topological polar surface area (TPSA) is 83.4 Å². The maximum atomic E-state index is 12.5. The summed E-state index contributed by atoms with van der Waals surface area (Å²) in [5, 5.41) is 2.10. The molecule has 1 saturated heterocycles. The Balaban J connectivity index is 1.27. The molecule has 11 heteroatoms. The third-order valence-corrected chi connectivity index (χ3v) is 8.74. The van der Waals surface area contributed by atoms with Crippen molar-refractivity contribution in [3.8, 4) is 5.75 Å². The van der Waals surface area contributed by atoms with E-state index in [0.717, 1.165) is 80.0 Å². The maximum absolute atomic E-state index is 12.5. The normalized spacial score (nSPS) is 32.6. The van der Waals surface area contributed by atoms with Crippen molar-refractivity contribution in [1.29, 1.82) is 0 Å². The average Bonchev–Trinajstić information content (AvgIpc) is 2.73. The molecule has 1 aromatic rings. The molecule has 1 N–H and O–H groups in total. The number of piperidine rings is 1. The molecule has 0 atom stereocenters. The van der Waals surface area contributed by atoms with Crippen molar-refractivity contribution in [3.63, 3.8) is 0 Å². The third kappa shape index (κ3) is 5.25. The van der Waals surface area contributed by atoms with Gasteiger partial charge >= 0.3 is 6.36 Å². The fraction of sp³-hybridized carbons (Fsp3) is 0.652. The van der Waals surface area contributed by atoms with Gasteiger partial charge in [0.1, 0.15) is 17.9 Å². The van der Waals surface area contributed by atoms with E-state index < -0.39 is 22.1 Å². The van der Waals surface area contributed by atoms with Crippen molar-refractivity contribution in [2.45, 2.75) is 74.6 Å². The van der Waals surface area contributed by atoms with Crippen LogP contribution in [0.1, 0.15) is 57.8 Å². The van der Waals surface area contributed by atoms with E-state index in [9.17, 15) is 21.6 Å². The zero-order valence-corrected chi connectivity index (χ0v) is 19.6. The summed E-state index contributed by atoms with van der Waals surface area (Å²) in [4.78, 5) is 4.14. The van der Waals surface area contributed by atoms with Crippen molar-refractivity contribution < 1.29 is 26.3 Å². The Labute approximate surface area is 197 Å². The van der Waals surface area contributed by atoms with E-state index in [2.05, 4.69) is 24.6 Å². The van der Waals surface area contributed by atoms with Crippen LogP contribution in [0.5, 0.6) is 5.75 Å². The number of hydrogen-bond acceptors (Lipinski definition) is 4. The van der Waals surface area contributed by atoms with E-state index in [-0.39, 0.29) is 10.4 Å². The van der Waals surface area contributed by atoms with Crippen LogP contribution >= 0.6 is 0 Å². The molecular weight excluding hydrogens is 469 g/mol. The minimum atomic E-state index is -4.84. The zero-order valence-electron chi connectivity index (χ0n) is 18.8. The van der Waals surface area contributed by atoms with Gasteiger partial charge in [-0.2, -0.15) is 8.42 Å². The van der Waals surface area contributed by atoms with Gasteiger partial charge < -0.3 is 4.74 Å². The summed E-state index contributed by atoms with van der Waals surface area (Å²) in [6.45, 7) is 0.821. The number of amidine groups is 1. The SMILES string of the molecule is O=S(=O)(/N=C\N=C1CCCCN1NC12CC3CC(CC(C3)C1)C2)c1ccc(OC(F)(F)F)cc1. The minimum Gasteiger partial charge on any atom is -0.406 e. The second-order valence-corrected chi connectivity index (χ2v) is 11.8. The molecule has 6 rings (SSSR count). The molecular formula is C23H29F3N4O3S. The van der Waals surface area contributed by atoms with Crippen LogP contribution < -0.4 is 10.2 Å². The molecule has 4 aliphatic carbocycles. The van der Waals surface area contributed by atoms with E-state index >= 15 is 0 Å². The quantitative estimate of drug-likeness (QED) is 0.456. The van der Waals surface area contributed by atoms with Gasteiger partial charge in [-0.1, -0.05) is 0 Å². The lowest BCUT2D eigenvalue weighted by molar-refractivity contribution is -0.274. The van der Waals surface area contributed by atoms with E-state index in [1.54, 1.807) is 0 Å². The first-order valence-corrected chi connectivity index (χ1v) is 13.3. The van der Waals surface area contributed by atoms with Gasteiger partial charge in [0.15, 0.2) is 0 Å². The van der Waals surface area contributed by atoms with Crippen molar-refractivity contribution in [3.05, 3.63) is 24.3 Å². The molecule has 186 valence electrons. The highest BCUT2D eigenvalue weighted by atomic mass is 32.2. The fourth-order valence-corrected chi connectivity index (χ4v) is 7.41. The Morgan fingerprint density at radius 3 is 2.24 bits per heavy atom. The van der Waals surface area contributed by atoms with Gasteiger partial charge in [0, 0.05) is 18.5 Å². The molecule has 4 bridgehead atoms. The lowest BCUT2D eigenvalue weighted by atomic mass is 9.53. The molecule has 0 spiro atoms. The first kappa shape index (κ1) is 23.6. The largest absolute Gasteiger partial charge is 0.573 e.